The molecule has 1 aromatic heterocycles. The third-order valence-corrected chi connectivity index (χ3v) is 4.84. The van der Waals surface area contributed by atoms with E-state index in [1.54, 1.807) is 11.8 Å². The summed E-state index contributed by atoms with van der Waals surface area (Å²) >= 11 is 0. The van der Waals surface area contributed by atoms with E-state index in [-0.39, 0.29) is 5.91 Å². The minimum absolute atomic E-state index is 0.187. The van der Waals surface area contributed by atoms with Crippen molar-refractivity contribution in [2.24, 2.45) is 0 Å². The van der Waals surface area contributed by atoms with E-state index in [2.05, 4.69) is 20.7 Å². The molecular weight excluding hydrogens is 354 g/mol. The van der Waals surface area contributed by atoms with E-state index in [9.17, 15) is 4.79 Å². The second-order valence-corrected chi connectivity index (χ2v) is 6.64. The van der Waals surface area contributed by atoms with Crippen LogP contribution in [0.25, 0.3) is 0 Å². The predicted octanol–water partition coefficient (Wildman–Crippen LogP) is 3.52. The van der Waals surface area contributed by atoms with Gasteiger partial charge in [-0.05, 0) is 43.2 Å². The second-order valence-electron chi connectivity index (χ2n) is 6.64. The first-order chi connectivity index (χ1) is 13.6. The summed E-state index contributed by atoms with van der Waals surface area (Å²) in [4.78, 5) is 17.6. The van der Waals surface area contributed by atoms with Crippen molar-refractivity contribution in [1.29, 1.82) is 0 Å². The van der Waals surface area contributed by atoms with Crippen molar-refractivity contribution in [2.45, 2.75) is 19.9 Å². The van der Waals surface area contributed by atoms with E-state index in [1.807, 2.05) is 62.4 Å². The molecule has 7 nitrogen and oxygen atoms in total. The lowest BCUT2D eigenvalue weighted by Gasteiger charge is -2.29. The summed E-state index contributed by atoms with van der Waals surface area (Å²) in [5.74, 6) is 1.13. The Balaban J connectivity index is 1.78. The van der Waals surface area contributed by atoms with Gasteiger partial charge in [0.05, 0.1) is 12.7 Å². The van der Waals surface area contributed by atoms with Gasteiger partial charge >= 0.3 is 0 Å². The van der Waals surface area contributed by atoms with Gasteiger partial charge in [0, 0.05) is 11.4 Å². The third kappa shape index (κ3) is 3.11. The first-order valence-corrected chi connectivity index (χ1v) is 8.96. The highest BCUT2D eigenvalue weighted by Gasteiger charge is 2.33. The number of hydrogen-bond acceptors (Lipinski definition) is 5. The molecule has 4 rings (SSSR count). The molecule has 0 radical (unpaired) electrons. The van der Waals surface area contributed by atoms with E-state index in [1.165, 1.54) is 6.33 Å². The first-order valence-electron chi connectivity index (χ1n) is 8.96. The Labute approximate surface area is 163 Å². The van der Waals surface area contributed by atoms with E-state index in [4.69, 9.17) is 4.74 Å². The number of nitrogens with one attached hydrogen (secondary N) is 2. The Bertz CT molecular complexity index is 1070. The molecule has 0 saturated carbocycles. The summed E-state index contributed by atoms with van der Waals surface area (Å²) in [7, 11) is 1.62. The predicted molar refractivity (Wildman–Crippen MR) is 107 cm³/mol. The molecule has 142 valence electrons. The Kier molecular flexibility index (Phi) is 4.57. The van der Waals surface area contributed by atoms with Crippen molar-refractivity contribution in [3.8, 4) is 5.75 Å². The number of methoxy groups -OCH3 is 1. The number of amides is 1. The number of carbonyl (C=O) groups is 1. The van der Waals surface area contributed by atoms with Gasteiger partial charge in [-0.15, -0.1) is 0 Å². The van der Waals surface area contributed by atoms with Crippen LogP contribution in [0, 0.1) is 6.92 Å². The van der Waals surface area contributed by atoms with Crippen LogP contribution < -0.4 is 15.4 Å². The number of anilines is 2. The molecular formula is C21H21N5O2. The smallest absolute Gasteiger partial charge is 0.255 e. The summed E-state index contributed by atoms with van der Waals surface area (Å²) in [5.41, 5.74) is 3.98. The number of allylic oxidation sites excluding steroid dienone is 1. The first kappa shape index (κ1) is 17.8. The number of nitrogens with zero attached hydrogens (tertiary/aromatic N) is 3. The Hall–Kier alpha value is -3.61. The zero-order chi connectivity index (χ0) is 19.7. The van der Waals surface area contributed by atoms with Gasteiger partial charge in [0.15, 0.2) is 0 Å². The fourth-order valence-corrected chi connectivity index (χ4v) is 3.41. The quantitative estimate of drug-likeness (QED) is 0.729. The molecule has 1 aliphatic heterocycles. The number of rotatable bonds is 4. The van der Waals surface area contributed by atoms with Gasteiger partial charge in [0.1, 0.15) is 18.1 Å². The number of hydrogen-bond donors (Lipinski definition) is 2. The van der Waals surface area contributed by atoms with Crippen LogP contribution >= 0.6 is 0 Å². The van der Waals surface area contributed by atoms with Gasteiger partial charge in [-0.25, -0.2) is 4.68 Å². The summed E-state index contributed by atoms with van der Waals surface area (Å²) in [6, 6.07) is 14.9. The Morgan fingerprint density at radius 2 is 2.00 bits per heavy atom. The molecule has 2 N–H and O–H groups in total. The maximum Gasteiger partial charge on any atom is 0.255 e. The molecule has 7 heteroatoms. The van der Waals surface area contributed by atoms with Crippen LogP contribution in [0.1, 0.15) is 24.1 Å². The fourth-order valence-electron chi connectivity index (χ4n) is 3.41. The summed E-state index contributed by atoms with van der Waals surface area (Å²) < 4.78 is 7.09. The average Bonchev–Trinajstić information content (AvgIpc) is 3.16. The van der Waals surface area contributed by atoms with Crippen LogP contribution in [0.15, 0.2) is 66.1 Å². The SMILES string of the molecule is COc1cccc([C@H]2C(C(=O)Nc3ccccc3C)=C(C)Nc3ncnn32)c1. The van der Waals surface area contributed by atoms with E-state index in [0.29, 0.717) is 17.3 Å². The van der Waals surface area contributed by atoms with Crippen LogP contribution in [0.5, 0.6) is 5.75 Å². The standard InChI is InChI=1S/C21H21N5O2/c1-13-7-4-5-10-17(13)25-20(27)18-14(2)24-21-22-12-23-26(21)19(18)15-8-6-9-16(11-15)28-3/h4-12,19H,1-3H3,(H,25,27)(H,22,23,24)/t19-/m0/s1. The molecule has 0 saturated heterocycles. The Morgan fingerprint density at radius 1 is 1.18 bits per heavy atom. The zero-order valence-electron chi connectivity index (χ0n) is 15.9. The van der Waals surface area contributed by atoms with E-state index in [0.717, 1.165) is 22.5 Å². The molecule has 0 bridgehead atoms. The average molecular weight is 375 g/mol. The summed E-state index contributed by atoms with van der Waals surface area (Å²) in [6.45, 7) is 3.84. The number of benzene rings is 2. The molecule has 0 unspecified atom stereocenters. The number of ether oxygens (including phenoxy) is 1. The van der Waals surface area contributed by atoms with Crippen molar-refractivity contribution in [1.82, 2.24) is 14.8 Å². The number of fused-ring (bicyclic) bond motifs is 1. The van der Waals surface area contributed by atoms with Gasteiger partial charge in [-0.1, -0.05) is 30.3 Å². The number of carbonyl (C=O) groups excluding carboxylic acids is 1. The van der Waals surface area contributed by atoms with Gasteiger partial charge in [-0.2, -0.15) is 10.1 Å². The maximum absolute atomic E-state index is 13.3. The highest BCUT2D eigenvalue weighted by Crippen LogP contribution is 2.36. The molecule has 0 spiro atoms. The van der Waals surface area contributed by atoms with Crippen LogP contribution in [0.4, 0.5) is 11.6 Å². The lowest BCUT2D eigenvalue weighted by Crippen LogP contribution is -2.31. The topological polar surface area (TPSA) is 81.1 Å². The molecule has 0 aliphatic carbocycles. The third-order valence-electron chi connectivity index (χ3n) is 4.84. The molecule has 3 aromatic rings. The number of para-hydroxylation sites is 1. The lowest BCUT2D eigenvalue weighted by atomic mass is 9.94. The van der Waals surface area contributed by atoms with Crippen LogP contribution in [-0.2, 0) is 4.79 Å². The maximum atomic E-state index is 13.3. The largest absolute Gasteiger partial charge is 0.497 e. The van der Waals surface area contributed by atoms with Crippen molar-refractivity contribution in [3.63, 3.8) is 0 Å². The summed E-state index contributed by atoms with van der Waals surface area (Å²) in [6.07, 6.45) is 1.48. The molecule has 1 amide bonds. The molecule has 1 aliphatic rings. The van der Waals surface area contributed by atoms with Crippen molar-refractivity contribution in [3.05, 3.63) is 77.3 Å². The second kappa shape index (κ2) is 7.19. The van der Waals surface area contributed by atoms with Crippen molar-refractivity contribution < 1.29 is 9.53 Å². The van der Waals surface area contributed by atoms with E-state index < -0.39 is 6.04 Å². The van der Waals surface area contributed by atoms with Gasteiger partial charge < -0.3 is 15.4 Å². The monoisotopic (exact) mass is 375 g/mol. The molecule has 2 aromatic carbocycles. The molecule has 2 heterocycles. The van der Waals surface area contributed by atoms with Crippen LogP contribution in [0.2, 0.25) is 0 Å². The van der Waals surface area contributed by atoms with Crippen LogP contribution in [0.3, 0.4) is 0 Å². The van der Waals surface area contributed by atoms with Gasteiger partial charge in [0.25, 0.3) is 5.91 Å². The minimum Gasteiger partial charge on any atom is -0.497 e. The highest BCUT2D eigenvalue weighted by atomic mass is 16.5. The van der Waals surface area contributed by atoms with E-state index >= 15 is 0 Å². The van der Waals surface area contributed by atoms with Crippen LogP contribution in [-0.4, -0.2) is 27.8 Å². The number of aryl methyl sites for hydroxylation is 1. The lowest BCUT2D eigenvalue weighted by molar-refractivity contribution is -0.113. The fraction of sp³-hybridized carbons (Fsp3) is 0.190. The molecule has 0 fully saturated rings. The minimum atomic E-state index is -0.419. The number of aromatic nitrogens is 3. The Morgan fingerprint density at radius 3 is 2.79 bits per heavy atom. The van der Waals surface area contributed by atoms with Crippen molar-refractivity contribution in [2.75, 3.05) is 17.7 Å². The van der Waals surface area contributed by atoms with Gasteiger partial charge in [-0.3, -0.25) is 4.79 Å². The normalized spacial score (nSPS) is 15.6. The molecule has 1 atom stereocenters. The van der Waals surface area contributed by atoms with Gasteiger partial charge in [0.2, 0.25) is 5.95 Å². The molecule has 28 heavy (non-hydrogen) atoms. The summed E-state index contributed by atoms with van der Waals surface area (Å²) in [5, 5.41) is 10.6. The van der Waals surface area contributed by atoms with Crippen molar-refractivity contribution >= 4 is 17.5 Å². The zero-order valence-corrected chi connectivity index (χ0v) is 15.9. The highest BCUT2D eigenvalue weighted by molar-refractivity contribution is 6.06.